The molecule has 0 atom stereocenters. The van der Waals surface area contributed by atoms with Gasteiger partial charge in [0.25, 0.3) is 0 Å². The molecule has 4 aromatic rings. The maximum absolute atomic E-state index is 4.44. The van der Waals surface area contributed by atoms with Crippen molar-refractivity contribution >= 4 is 39.8 Å². The zero-order chi connectivity index (χ0) is 15.5. The third kappa shape index (κ3) is 3.07. The quantitative estimate of drug-likeness (QED) is 0.262. The fraction of sp³-hybridized carbons (Fsp3) is 0.100. The molecule has 0 bridgehead atoms. The van der Waals surface area contributed by atoms with Gasteiger partial charge in [0.15, 0.2) is 0 Å². The van der Waals surface area contributed by atoms with Crippen LogP contribution in [0.15, 0.2) is 72.8 Å². The van der Waals surface area contributed by atoms with E-state index < -0.39 is 0 Å². The van der Waals surface area contributed by atoms with E-state index in [-0.39, 0.29) is 0 Å². The number of benzene rings is 4. The first kappa shape index (κ1) is 14.3. The van der Waals surface area contributed by atoms with Crippen molar-refractivity contribution in [2.75, 3.05) is 6.61 Å². The van der Waals surface area contributed by atoms with Crippen LogP contribution in [-0.2, 0) is 9.69 Å². The Labute approximate surface area is 135 Å². The third-order valence-corrected chi connectivity index (χ3v) is 4.11. The van der Waals surface area contributed by atoms with E-state index in [2.05, 4.69) is 82.5 Å². The van der Waals surface area contributed by atoms with E-state index in [1.54, 1.807) is 0 Å². The van der Waals surface area contributed by atoms with Gasteiger partial charge in [0.1, 0.15) is 0 Å². The molecule has 5 rings (SSSR count). The van der Waals surface area contributed by atoms with Crippen molar-refractivity contribution in [1.29, 1.82) is 0 Å². The Bertz CT molecular complexity index is 810. The summed E-state index contributed by atoms with van der Waals surface area (Å²) >= 11 is 0. The summed E-state index contributed by atoms with van der Waals surface area (Å²) in [5.74, 6) is 0. The van der Waals surface area contributed by atoms with Crippen LogP contribution >= 0.6 is 0 Å². The number of rotatable bonds is 0. The van der Waals surface area contributed by atoms with E-state index in [4.69, 9.17) is 0 Å². The molecule has 0 aliphatic carbocycles. The molecule has 1 fully saturated rings. The van der Waals surface area contributed by atoms with Crippen molar-refractivity contribution in [3.8, 4) is 0 Å². The molecule has 0 amide bonds. The maximum Gasteiger partial charge on any atom is 0.325 e. The number of hydrogen-bond acceptors (Lipinski definition) is 2. The lowest BCUT2D eigenvalue weighted by Gasteiger charge is -2.04. The Morgan fingerprint density at radius 1 is 0.609 bits per heavy atom. The average Bonchev–Trinajstić information content (AvgIpc) is 3.18. The molecule has 23 heavy (non-hydrogen) atoms. The number of fused-ring (bicyclic) bond motifs is 3. The van der Waals surface area contributed by atoms with E-state index in [0.717, 1.165) is 20.4 Å². The van der Waals surface area contributed by atoms with Crippen molar-refractivity contribution in [2.45, 2.75) is 6.32 Å². The van der Waals surface area contributed by atoms with Crippen LogP contribution in [0.4, 0.5) is 0 Å². The highest BCUT2D eigenvalue weighted by Gasteiger charge is 2.00. The topological polar surface area (TPSA) is 18.5 Å². The van der Waals surface area contributed by atoms with Gasteiger partial charge in [-0.15, -0.1) is 0 Å². The summed E-state index contributed by atoms with van der Waals surface area (Å²) in [5, 5.41) is 7.85. The minimum absolute atomic E-state index is 0.778. The molecule has 0 N–H and O–H groups in total. The Balaban J connectivity index is 0.000000233. The first-order valence-electron chi connectivity index (χ1n) is 7.96. The van der Waals surface area contributed by atoms with Gasteiger partial charge in [-0.3, -0.25) is 4.89 Å². The summed E-state index contributed by atoms with van der Waals surface area (Å²) in [6.07, 6.45) is 1.06. The number of hydrogen-bond donors (Lipinski definition) is 0. The van der Waals surface area contributed by atoms with Crippen LogP contribution in [0.2, 0.25) is 6.32 Å². The third-order valence-electron chi connectivity index (χ3n) is 4.11. The first-order valence-corrected chi connectivity index (χ1v) is 7.96. The molecule has 3 heteroatoms. The first-order chi connectivity index (χ1) is 11.4. The molecule has 0 radical (unpaired) electrons. The van der Waals surface area contributed by atoms with E-state index >= 15 is 0 Å². The SMILES string of the molecule is B1CCOO1.c1ccc2cc3cc4ccccc4cc3cc2c1. The second-order valence-electron chi connectivity index (χ2n) is 5.74. The van der Waals surface area contributed by atoms with Crippen molar-refractivity contribution in [1.82, 2.24) is 0 Å². The van der Waals surface area contributed by atoms with Gasteiger partial charge < -0.3 is 4.81 Å². The van der Waals surface area contributed by atoms with Crippen LogP contribution in [0.25, 0.3) is 32.3 Å². The Morgan fingerprint density at radius 2 is 1.04 bits per heavy atom. The molecule has 0 saturated carbocycles. The van der Waals surface area contributed by atoms with Gasteiger partial charge in [0.2, 0.25) is 0 Å². The zero-order valence-electron chi connectivity index (χ0n) is 12.9. The summed E-state index contributed by atoms with van der Waals surface area (Å²) in [5.41, 5.74) is 0. The van der Waals surface area contributed by atoms with Crippen LogP contribution in [-0.4, -0.2) is 14.1 Å². The zero-order valence-corrected chi connectivity index (χ0v) is 12.9. The van der Waals surface area contributed by atoms with Crippen molar-refractivity contribution in [3.63, 3.8) is 0 Å². The molecule has 0 unspecified atom stereocenters. The van der Waals surface area contributed by atoms with Gasteiger partial charge in [-0.25, -0.2) is 0 Å². The van der Waals surface area contributed by atoms with E-state index in [9.17, 15) is 0 Å². The highest BCUT2D eigenvalue weighted by molar-refractivity contribution is 6.27. The van der Waals surface area contributed by atoms with Crippen LogP contribution < -0.4 is 0 Å². The molecule has 2 nitrogen and oxygen atoms in total. The smallest absolute Gasteiger partial charge is 0.310 e. The molecule has 1 aliphatic rings. The van der Waals surface area contributed by atoms with Gasteiger partial charge in [-0.2, -0.15) is 0 Å². The van der Waals surface area contributed by atoms with Gasteiger partial charge in [0.05, 0.1) is 6.61 Å². The van der Waals surface area contributed by atoms with Gasteiger partial charge in [-0.05, 0) is 62.9 Å². The van der Waals surface area contributed by atoms with E-state index in [0.29, 0.717) is 0 Å². The molecular weight excluding hydrogens is 283 g/mol. The molecule has 1 saturated heterocycles. The maximum atomic E-state index is 4.44. The summed E-state index contributed by atoms with van der Waals surface area (Å²) in [4.78, 5) is 8.89. The summed E-state index contributed by atoms with van der Waals surface area (Å²) in [6, 6.07) is 26.2. The van der Waals surface area contributed by atoms with Crippen LogP contribution in [0, 0.1) is 0 Å². The lowest BCUT2D eigenvalue weighted by Crippen LogP contribution is -1.78. The lowest BCUT2D eigenvalue weighted by atomic mass is 9.99. The molecular formula is C20H17BO2. The van der Waals surface area contributed by atoms with Gasteiger partial charge >= 0.3 is 7.48 Å². The van der Waals surface area contributed by atoms with Gasteiger partial charge in [-0.1, -0.05) is 48.5 Å². The largest absolute Gasteiger partial charge is 0.325 e. The van der Waals surface area contributed by atoms with E-state index in [1.165, 1.54) is 32.3 Å². The van der Waals surface area contributed by atoms with Crippen LogP contribution in [0.5, 0.6) is 0 Å². The Kier molecular flexibility index (Phi) is 3.97. The van der Waals surface area contributed by atoms with Crippen LogP contribution in [0.1, 0.15) is 0 Å². The Hall–Kier alpha value is -2.36. The minimum atomic E-state index is 0.778. The summed E-state index contributed by atoms with van der Waals surface area (Å²) < 4.78 is 0. The monoisotopic (exact) mass is 300 g/mol. The Morgan fingerprint density at radius 3 is 1.30 bits per heavy atom. The minimum Gasteiger partial charge on any atom is -0.310 e. The normalized spacial score (nSPS) is 13.7. The van der Waals surface area contributed by atoms with Gasteiger partial charge in [0, 0.05) is 0 Å². The molecule has 0 aromatic heterocycles. The lowest BCUT2D eigenvalue weighted by molar-refractivity contribution is -0.181. The highest BCUT2D eigenvalue weighted by atomic mass is 17.2. The van der Waals surface area contributed by atoms with E-state index in [1.807, 2.05) is 0 Å². The molecule has 4 aromatic carbocycles. The fourth-order valence-electron chi connectivity index (χ4n) is 2.93. The predicted molar refractivity (Wildman–Crippen MR) is 98.0 cm³/mol. The molecule has 0 spiro atoms. The molecule has 1 heterocycles. The summed E-state index contributed by atoms with van der Waals surface area (Å²) in [7, 11) is 0.778. The predicted octanol–water partition coefficient (Wildman–Crippen LogP) is 4.86. The molecule has 112 valence electrons. The highest BCUT2D eigenvalue weighted by Crippen LogP contribution is 2.27. The average molecular weight is 300 g/mol. The van der Waals surface area contributed by atoms with Crippen molar-refractivity contribution < 1.29 is 9.69 Å². The van der Waals surface area contributed by atoms with Crippen molar-refractivity contribution in [3.05, 3.63) is 72.8 Å². The second-order valence-corrected chi connectivity index (χ2v) is 5.74. The summed E-state index contributed by atoms with van der Waals surface area (Å²) in [6.45, 7) is 0.778. The van der Waals surface area contributed by atoms with Crippen LogP contribution in [0.3, 0.4) is 0 Å². The molecule has 1 aliphatic heterocycles. The fourth-order valence-corrected chi connectivity index (χ4v) is 2.93. The van der Waals surface area contributed by atoms with Crippen molar-refractivity contribution in [2.24, 2.45) is 0 Å². The second kappa shape index (κ2) is 6.41. The standard InChI is InChI=1S/C18H12.C2H5BO2/c1-2-6-14-10-18-12-16-8-4-3-7-15(16)11-17(18)9-13(14)5-1;1-2-4-5-3-1/h1-12H;3H,1-2H2.